The molecule has 0 bridgehead atoms. The zero-order valence-corrected chi connectivity index (χ0v) is 13.1. The Morgan fingerprint density at radius 3 is 2.52 bits per heavy atom. The van der Waals surface area contributed by atoms with E-state index in [0.717, 1.165) is 43.8 Å². The van der Waals surface area contributed by atoms with Crippen LogP contribution in [-0.4, -0.2) is 44.7 Å². The highest BCUT2D eigenvalue weighted by Crippen LogP contribution is 2.09. The van der Waals surface area contributed by atoms with Crippen LogP contribution in [0.25, 0.3) is 0 Å². The average molecular weight is 293 g/mol. The maximum absolute atomic E-state index is 11.8. The SMILES string of the molecule is COCCCN(C)CCCC(=O)Nc1ccc(CN)cc1. The Morgan fingerprint density at radius 1 is 1.24 bits per heavy atom. The topological polar surface area (TPSA) is 67.6 Å². The van der Waals surface area contributed by atoms with Crippen molar-refractivity contribution in [2.45, 2.75) is 25.8 Å². The second-order valence-electron chi connectivity index (χ2n) is 5.20. The fourth-order valence-corrected chi connectivity index (χ4v) is 2.05. The summed E-state index contributed by atoms with van der Waals surface area (Å²) in [6.45, 7) is 3.21. The van der Waals surface area contributed by atoms with E-state index in [1.807, 2.05) is 24.3 Å². The molecule has 0 spiro atoms. The minimum atomic E-state index is 0.0563. The van der Waals surface area contributed by atoms with Crippen LogP contribution in [0.2, 0.25) is 0 Å². The molecule has 0 aliphatic heterocycles. The monoisotopic (exact) mass is 293 g/mol. The molecule has 0 aliphatic carbocycles. The first-order valence-corrected chi connectivity index (χ1v) is 7.42. The van der Waals surface area contributed by atoms with Crippen molar-refractivity contribution in [2.75, 3.05) is 39.2 Å². The number of hydrogen-bond acceptors (Lipinski definition) is 4. The molecule has 0 heterocycles. The molecule has 0 aromatic heterocycles. The Balaban J connectivity index is 2.18. The summed E-state index contributed by atoms with van der Waals surface area (Å²) in [6.07, 6.45) is 2.41. The van der Waals surface area contributed by atoms with Gasteiger partial charge in [-0.1, -0.05) is 12.1 Å². The van der Waals surface area contributed by atoms with Gasteiger partial charge in [0.25, 0.3) is 0 Å². The number of nitrogens with one attached hydrogen (secondary N) is 1. The van der Waals surface area contributed by atoms with E-state index in [0.29, 0.717) is 13.0 Å². The first-order chi connectivity index (χ1) is 10.2. The van der Waals surface area contributed by atoms with Crippen LogP contribution in [0.4, 0.5) is 5.69 Å². The van der Waals surface area contributed by atoms with Gasteiger partial charge in [0, 0.05) is 38.9 Å². The number of methoxy groups -OCH3 is 1. The Bertz CT molecular complexity index is 406. The number of nitrogens with zero attached hydrogens (tertiary/aromatic N) is 1. The van der Waals surface area contributed by atoms with Crippen LogP contribution in [-0.2, 0) is 16.1 Å². The molecule has 21 heavy (non-hydrogen) atoms. The number of anilines is 1. The van der Waals surface area contributed by atoms with Gasteiger partial charge >= 0.3 is 0 Å². The lowest BCUT2D eigenvalue weighted by atomic mass is 10.2. The molecule has 5 heteroatoms. The molecule has 1 rings (SSSR count). The predicted molar refractivity (Wildman–Crippen MR) is 86.2 cm³/mol. The number of ether oxygens (including phenoxy) is 1. The highest BCUT2D eigenvalue weighted by atomic mass is 16.5. The Hall–Kier alpha value is -1.43. The molecule has 1 aromatic rings. The fourth-order valence-electron chi connectivity index (χ4n) is 2.05. The minimum Gasteiger partial charge on any atom is -0.385 e. The van der Waals surface area contributed by atoms with Gasteiger partial charge in [0.1, 0.15) is 0 Å². The van der Waals surface area contributed by atoms with E-state index in [1.54, 1.807) is 7.11 Å². The van der Waals surface area contributed by atoms with Crippen LogP contribution in [0.5, 0.6) is 0 Å². The smallest absolute Gasteiger partial charge is 0.224 e. The van der Waals surface area contributed by atoms with Gasteiger partial charge in [-0.2, -0.15) is 0 Å². The first-order valence-electron chi connectivity index (χ1n) is 7.42. The molecule has 0 fully saturated rings. The van der Waals surface area contributed by atoms with E-state index >= 15 is 0 Å². The summed E-state index contributed by atoms with van der Waals surface area (Å²) in [6, 6.07) is 7.63. The lowest BCUT2D eigenvalue weighted by Gasteiger charge is -2.15. The highest BCUT2D eigenvalue weighted by Gasteiger charge is 2.04. The van der Waals surface area contributed by atoms with Crippen molar-refractivity contribution >= 4 is 11.6 Å². The standard InChI is InChI=1S/C16H27N3O2/c1-19(11-4-12-21-2)10-3-5-16(20)18-15-8-6-14(13-17)7-9-15/h6-9H,3-5,10-13,17H2,1-2H3,(H,18,20). The quantitative estimate of drug-likeness (QED) is 0.646. The van der Waals surface area contributed by atoms with Crippen molar-refractivity contribution in [1.82, 2.24) is 4.90 Å². The Labute approximate surface area is 127 Å². The van der Waals surface area contributed by atoms with Gasteiger partial charge in [-0.25, -0.2) is 0 Å². The van der Waals surface area contributed by atoms with Gasteiger partial charge in [0.05, 0.1) is 0 Å². The molecular weight excluding hydrogens is 266 g/mol. The lowest BCUT2D eigenvalue weighted by Crippen LogP contribution is -2.23. The van der Waals surface area contributed by atoms with E-state index in [4.69, 9.17) is 10.5 Å². The van der Waals surface area contributed by atoms with Crippen LogP contribution in [0, 0.1) is 0 Å². The van der Waals surface area contributed by atoms with Gasteiger partial charge < -0.3 is 20.7 Å². The van der Waals surface area contributed by atoms with Crippen molar-refractivity contribution in [3.05, 3.63) is 29.8 Å². The largest absolute Gasteiger partial charge is 0.385 e. The summed E-state index contributed by atoms with van der Waals surface area (Å²) in [4.78, 5) is 14.1. The van der Waals surface area contributed by atoms with E-state index in [1.165, 1.54) is 0 Å². The van der Waals surface area contributed by atoms with Gasteiger partial charge in [-0.05, 0) is 44.1 Å². The number of carbonyl (C=O) groups excluding carboxylic acids is 1. The molecule has 0 saturated heterocycles. The normalized spacial score (nSPS) is 10.9. The molecule has 0 unspecified atom stereocenters. The van der Waals surface area contributed by atoms with Crippen LogP contribution in [0.3, 0.4) is 0 Å². The lowest BCUT2D eigenvalue weighted by molar-refractivity contribution is -0.116. The second-order valence-corrected chi connectivity index (χ2v) is 5.20. The number of rotatable bonds is 10. The molecule has 0 aliphatic rings. The summed E-state index contributed by atoms with van der Waals surface area (Å²) in [5, 5.41) is 2.90. The summed E-state index contributed by atoms with van der Waals surface area (Å²) in [5.74, 6) is 0.0563. The summed E-state index contributed by atoms with van der Waals surface area (Å²) in [7, 11) is 3.78. The van der Waals surface area contributed by atoms with E-state index < -0.39 is 0 Å². The summed E-state index contributed by atoms with van der Waals surface area (Å²) in [5.41, 5.74) is 7.42. The third kappa shape index (κ3) is 7.80. The molecule has 118 valence electrons. The Morgan fingerprint density at radius 2 is 1.90 bits per heavy atom. The zero-order chi connectivity index (χ0) is 15.5. The minimum absolute atomic E-state index is 0.0563. The van der Waals surface area contributed by atoms with E-state index in [-0.39, 0.29) is 5.91 Å². The van der Waals surface area contributed by atoms with E-state index in [2.05, 4.69) is 17.3 Å². The summed E-state index contributed by atoms with van der Waals surface area (Å²) >= 11 is 0. The highest BCUT2D eigenvalue weighted by molar-refractivity contribution is 5.90. The third-order valence-electron chi connectivity index (χ3n) is 3.31. The van der Waals surface area contributed by atoms with Crippen molar-refractivity contribution in [3.8, 4) is 0 Å². The van der Waals surface area contributed by atoms with Crippen LogP contribution < -0.4 is 11.1 Å². The first kappa shape index (κ1) is 17.6. The fraction of sp³-hybridized carbons (Fsp3) is 0.562. The van der Waals surface area contributed by atoms with Gasteiger partial charge in [0.15, 0.2) is 0 Å². The molecule has 0 radical (unpaired) electrons. The Kier molecular flexibility index (Phi) is 8.66. The molecule has 0 atom stereocenters. The number of carbonyl (C=O) groups is 1. The van der Waals surface area contributed by atoms with Crippen LogP contribution >= 0.6 is 0 Å². The predicted octanol–water partition coefficient (Wildman–Crippen LogP) is 1.83. The van der Waals surface area contributed by atoms with Gasteiger partial charge in [-0.3, -0.25) is 4.79 Å². The van der Waals surface area contributed by atoms with Gasteiger partial charge in [-0.15, -0.1) is 0 Å². The molecule has 1 aromatic carbocycles. The number of hydrogen-bond donors (Lipinski definition) is 2. The van der Waals surface area contributed by atoms with Crippen molar-refractivity contribution in [1.29, 1.82) is 0 Å². The zero-order valence-electron chi connectivity index (χ0n) is 13.1. The molecule has 0 saturated carbocycles. The maximum Gasteiger partial charge on any atom is 0.224 e. The van der Waals surface area contributed by atoms with Crippen LogP contribution in [0.15, 0.2) is 24.3 Å². The third-order valence-corrected chi connectivity index (χ3v) is 3.31. The average Bonchev–Trinajstić information content (AvgIpc) is 2.48. The second kappa shape index (κ2) is 10.3. The number of benzene rings is 1. The number of amides is 1. The summed E-state index contributed by atoms with van der Waals surface area (Å²) < 4.78 is 5.02. The van der Waals surface area contributed by atoms with Crippen molar-refractivity contribution in [3.63, 3.8) is 0 Å². The van der Waals surface area contributed by atoms with Gasteiger partial charge in [0.2, 0.25) is 5.91 Å². The molecule has 3 N–H and O–H groups in total. The number of nitrogens with two attached hydrogens (primary N) is 1. The molecule has 5 nitrogen and oxygen atoms in total. The molecule has 1 amide bonds. The van der Waals surface area contributed by atoms with Crippen LogP contribution in [0.1, 0.15) is 24.8 Å². The molecular formula is C16H27N3O2. The van der Waals surface area contributed by atoms with E-state index in [9.17, 15) is 4.79 Å². The van der Waals surface area contributed by atoms with Crippen molar-refractivity contribution in [2.24, 2.45) is 5.73 Å². The van der Waals surface area contributed by atoms with Crippen molar-refractivity contribution < 1.29 is 9.53 Å². The maximum atomic E-state index is 11.8.